The highest BCUT2D eigenvalue weighted by Crippen LogP contribution is 2.27. The number of aliphatic hydroxyl groups is 1. The van der Waals surface area contributed by atoms with Crippen molar-refractivity contribution in [3.05, 3.63) is 29.8 Å². The van der Waals surface area contributed by atoms with Crippen LogP contribution >= 0.6 is 11.8 Å². The minimum atomic E-state index is 0.246. The van der Waals surface area contributed by atoms with Gasteiger partial charge in [-0.1, -0.05) is 31.5 Å². The zero-order valence-electron chi connectivity index (χ0n) is 9.03. The number of benzene rings is 1. The summed E-state index contributed by atoms with van der Waals surface area (Å²) in [5.41, 5.74) is 1.28. The zero-order chi connectivity index (χ0) is 10.6. The summed E-state index contributed by atoms with van der Waals surface area (Å²) >= 11 is 1.76. The maximum atomic E-state index is 9.19. The molecular formula is C12H18OS. The van der Waals surface area contributed by atoms with Gasteiger partial charge in [-0.05, 0) is 25.0 Å². The van der Waals surface area contributed by atoms with Crippen molar-refractivity contribution < 1.29 is 5.11 Å². The molecule has 0 bridgehead atoms. The van der Waals surface area contributed by atoms with E-state index in [9.17, 15) is 5.11 Å². The molecule has 0 amide bonds. The van der Waals surface area contributed by atoms with E-state index in [2.05, 4.69) is 45.0 Å². The minimum Gasteiger partial charge on any atom is -0.395 e. The third-order valence-electron chi connectivity index (χ3n) is 2.23. The summed E-state index contributed by atoms with van der Waals surface area (Å²) in [5, 5.41) is 9.49. The molecule has 0 aliphatic carbocycles. The van der Waals surface area contributed by atoms with Crippen LogP contribution in [0.1, 0.15) is 19.4 Å². The van der Waals surface area contributed by atoms with Gasteiger partial charge in [-0.25, -0.2) is 0 Å². The molecule has 1 unspecified atom stereocenters. The number of hydrogen-bond acceptors (Lipinski definition) is 2. The summed E-state index contributed by atoms with van der Waals surface area (Å²) in [7, 11) is 0. The molecule has 14 heavy (non-hydrogen) atoms. The van der Waals surface area contributed by atoms with Crippen molar-refractivity contribution in [1.82, 2.24) is 0 Å². The molecule has 0 aromatic heterocycles. The van der Waals surface area contributed by atoms with Crippen LogP contribution in [0.25, 0.3) is 0 Å². The summed E-state index contributed by atoms with van der Waals surface area (Å²) in [4.78, 5) is 1.24. The third kappa shape index (κ3) is 3.35. The van der Waals surface area contributed by atoms with Crippen LogP contribution in [0.15, 0.2) is 29.2 Å². The smallest absolute Gasteiger partial charge is 0.0556 e. The molecule has 0 aliphatic rings. The van der Waals surface area contributed by atoms with E-state index < -0.39 is 0 Å². The van der Waals surface area contributed by atoms with Gasteiger partial charge < -0.3 is 5.11 Å². The van der Waals surface area contributed by atoms with Gasteiger partial charge in [-0.3, -0.25) is 0 Å². The van der Waals surface area contributed by atoms with Crippen molar-refractivity contribution >= 4 is 11.8 Å². The molecule has 0 radical (unpaired) electrons. The zero-order valence-corrected chi connectivity index (χ0v) is 9.84. The fourth-order valence-corrected chi connectivity index (χ4v) is 2.17. The summed E-state index contributed by atoms with van der Waals surface area (Å²) in [6.07, 6.45) is 0. The van der Waals surface area contributed by atoms with Crippen molar-refractivity contribution in [2.45, 2.75) is 30.9 Å². The molecule has 0 saturated carbocycles. The fraction of sp³-hybridized carbons (Fsp3) is 0.500. The molecule has 1 N–H and O–H groups in total. The Hall–Kier alpha value is -0.470. The molecule has 1 atom stereocenters. The Labute approximate surface area is 90.5 Å². The maximum Gasteiger partial charge on any atom is 0.0556 e. The predicted molar refractivity (Wildman–Crippen MR) is 62.7 cm³/mol. The largest absolute Gasteiger partial charge is 0.395 e. The molecule has 0 aliphatic heterocycles. The van der Waals surface area contributed by atoms with Crippen LogP contribution in [-0.2, 0) is 0 Å². The maximum absolute atomic E-state index is 9.19. The Morgan fingerprint density at radius 3 is 2.21 bits per heavy atom. The van der Waals surface area contributed by atoms with Gasteiger partial charge in [-0.15, -0.1) is 11.8 Å². The molecule has 78 valence electrons. The van der Waals surface area contributed by atoms with Crippen LogP contribution in [0.2, 0.25) is 0 Å². The first-order chi connectivity index (χ1) is 6.63. The van der Waals surface area contributed by atoms with Crippen LogP contribution in [0, 0.1) is 12.8 Å². The minimum absolute atomic E-state index is 0.246. The van der Waals surface area contributed by atoms with Crippen LogP contribution in [0.5, 0.6) is 0 Å². The molecule has 0 heterocycles. The highest BCUT2D eigenvalue weighted by atomic mass is 32.2. The lowest BCUT2D eigenvalue weighted by molar-refractivity contribution is 0.275. The van der Waals surface area contributed by atoms with Crippen LogP contribution < -0.4 is 0 Å². The van der Waals surface area contributed by atoms with Gasteiger partial charge in [0.15, 0.2) is 0 Å². The first-order valence-corrected chi connectivity index (χ1v) is 5.85. The Kier molecular flexibility index (Phi) is 4.49. The molecule has 1 nitrogen and oxygen atoms in total. The van der Waals surface area contributed by atoms with E-state index in [-0.39, 0.29) is 6.61 Å². The van der Waals surface area contributed by atoms with Gasteiger partial charge >= 0.3 is 0 Å². The Morgan fingerprint density at radius 2 is 1.79 bits per heavy atom. The van der Waals surface area contributed by atoms with E-state index in [4.69, 9.17) is 0 Å². The number of hydrogen-bond donors (Lipinski definition) is 1. The molecule has 0 spiro atoms. The highest BCUT2D eigenvalue weighted by molar-refractivity contribution is 8.00. The second kappa shape index (κ2) is 5.42. The van der Waals surface area contributed by atoms with Gasteiger partial charge in [-0.2, -0.15) is 0 Å². The standard InChI is InChI=1S/C12H18OS/c1-9(2)12(8-13)14-11-6-4-10(3)5-7-11/h4-7,9,12-13H,8H2,1-3H3. The summed E-state index contributed by atoms with van der Waals surface area (Å²) < 4.78 is 0. The van der Waals surface area contributed by atoms with Gasteiger partial charge in [0.1, 0.15) is 0 Å². The van der Waals surface area contributed by atoms with Crippen molar-refractivity contribution in [2.75, 3.05) is 6.61 Å². The average molecular weight is 210 g/mol. The van der Waals surface area contributed by atoms with Gasteiger partial charge in [0, 0.05) is 10.1 Å². The molecule has 1 aromatic carbocycles. The SMILES string of the molecule is Cc1ccc(SC(CO)C(C)C)cc1. The van der Waals surface area contributed by atoms with Crippen molar-refractivity contribution in [2.24, 2.45) is 5.92 Å². The first kappa shape index (κ1) is 11.6. The topological polar surface area (TPSA) is 20.2 Å². The molecule has 2 heteroatoms. The number of aliphatic hydroxyl groups excluding tert-OH is 1. The van der Waals surface area contributed by atoms with Crippen LogP contribution in [0.4, 0.5) is 0 Å². The van der Waals surface area contributed by atoms with E-state index in [1.54, 1.807) is 11.8 Å². The monoisotopic (exact) mass is 210 g/mol. The lowest BCUT2D eigenvalue weighted by Crippen LogP contribution is -2.15. The van der Waals surface area contributed by atoms with Crippen LogP contribution in [-0.4, -0.2) is 17.0 Å². The van der Waals surface area contributed by atoms with Crippen molar-refractivity contribution in [3.8, 4) is 0 Å². The summed E-state index contributed by atoms with van der Waals surface area (Å²) in [5.74, 6) is 0.506. The molecule has 0 saturated heterocycles. The third-order valence-corrected chi connectivity index (χ3v) is 3.77. The first-order valence-electron chi connectivity index (χ1n) is 4.97. The summed E-state index contributed by atoms with van der Waals surface area (Å²) in [6.45, 7) is 6.61. The number of aryl methyl sites for hydroxylation is 1. The van der Waals surface area contributed by atoms with E-state index in [0.717, 1.165) is 0 Å². The Morgan fingerprint density at radius 1 is 1.21 bits per heavy atom. The normalized spacial score (nSPS) is 13.2. The second-order valence-corrected chi connectivity index (χ2v) is 5.21. The molecular weight excluding hydrogens is 192 g/mol. The van der Waals surface area contributed by atoms with E-state index in [0.29, 0.717) is 11.2 Å². The van der Waals surface area contributed by atoms with E-state index in [1.165, 1.54) is 10.5 Å². The highest BCUT2D eigenvalue weighted by Gasteiger charge is 2.13. The molecule has 1 rings (SSSR count). The molecule has 1 aromatic rings. The lowest BCUT2D eigenvalue weighted by Gasteiger charge is -2.17. The van der Waals surface area contributed by atoms with Gasteiger partial charge in [0.2, 0.25) is 0 Å². The average Bonchev–Trinajstić information content (AvgIpc) is 2.16. The van der Waals surface area contributed by atoms with E-state index >= 15 is 0 Å². The van der Waals surface area contributed by atoms with E-state index in [1.807, 2.05) is 0 Å². The lowest BCUT2D eigenvalue weighted by atomic mass is 10.1. The Balaban J connectivity index is 2.63. The van der Waals surface area contributed by atoms with Crippen molar-refractivity contribution in [1.29, 1.82) is 0 Å². The van der Waals surface area contributed by atoms with Crippen molar-refractivity contribution in [3.63, 3.8) is 0 Å². The quantitative estimate of drug-likeness (QED) is 0.771. The van der Waals surface area contributed by atoms with Gasteiger partial charge in [0.25, 0.3) is 0 Å². The van der Waals surface area contributed by atoms with Gasteiger partial charge in [0.05, 0.1) is 6.61 Å². The molecule has 0 fully saturated rings. The van der Waals surface area contributed by atoms with Crippen LogP contribution in [0.3, 0.4) is 0 Å². The number of thioether (sulfide) groups is 1. The summed E-state index contributed by atoms with van der Waals surface area (Å²) in [6, 6.07) is 8.45. The Bertz CT molecular complexity index is 266. The second-order valence-electron chi connectivity index (χ2n) is 3.90. The predicted octanol–water partition coefficient (Wildman–Crippen LogP) is 3.10. The fourth-order valence-electron chi connectivity index (χ4n) is 1.18. The number of rotatable bonds is 4.